The average molecular weight is 288 g/mol. The minimum atomic E-state index is 0.195. The fourth-order valence-corrected chi connectivity index (χ4v) is 3.50. The maximum absolute atomic E-state index is 3.64. The molecule has 3 atom stereocenters. The van der Waals surface area contributed by atoms with Crippen LogP contribution in [0.15, 0.2) is 30.3 Å². The zero-order valence-corrected chi connectivity index (χ0v) is 14.2. The van der Waals surface area contributed by atoms with Crippen LogP contribution in [0, 0.1) is 11.8 Å². The molecule has 1 saturated heterocycles. The van der Waals surface area contributed by atoms with Gasteiger partial charge in [0.15, 0.2) is 0 Å². The van der Waals surface area contributed by atoms with Crippen LogP contribution < -0.4 is 5.32 Å². The average Bonchev–Trinajstić information content (AvgIpc) is 2.78. The lowest BCUT2D eigenvalue weighted by atomic mass is 9.81. The van der Waals surface area contributed by atoms with Crippen LogP contribution in [0.5, 0.6) is 0 Å². The van der Waals surface area contributed by atoms with E-state index in [0.29, 0.717) is 0 Å². The van der Waals surface area contributed by atoms with Gasteiger partial charge in [0.05, 0.1) is 0 Å². The van der Waals surface area contributed by atoms with E-state index < -0.39 is 0 Å². The highest BCUT2D eigenvalue weighted by Gasteiger charge is 2.33. The third kappa shape index (κ3) is 4.31. The van der Waals surface area contributed by atoms with Crippen LogP contribution >= 0.6 is 0 Å². The Kier molecular flexibility index (Phi) is 5.83. The second-order valence-corrected chi connectivity index (χ2v) is 7.25. The monoisotopic (exact) mass is 288 g/mol. The second kappa shape index (κ2) is 7.42. The van der Waals surface area contributed by atoms with E-state index in [9.17, 15) is 0 Å². The Balaban J connectivity index is 2.08. The van der Waals surface area contributed by atoms with E-state index in [-0.39, 0.29) is 5.41 Å². The van der Waals surface area contributed by atoms with E-state index in [1.807, 2.05) is 0 Å². The molecule has 1 aromatic carbocycles. The first-order valence-electron chi connectivity index (χ1n) is 8.54. The van der Waals surface area contributed by atoms with Gasteiger partial charge in [-0.2, -0.15) is 0 Å². The Bertz CT molecular complexity index is 407. The number of hydrogen-bond acceptors (Lipinski definition) is 2. The fraction of sp³-hybridized carbons (Fsp3) is 0.684. The molecule has 21 heavy (non-hydrogen) atoms. The topological polar surface area (TPSA) is 15.3 Å². The molecule has 0 spiro atoms. The van der Waals surface area contributed by atoms with Crippen molar-refractivity contribution in [2.24, 2.45) is 11.8 Å². The Morgan fingerprint density at radius 3 is 2.33 bits per heavy atom. The van der Waals surface area contributed by atoms with Crippen molar-refractivity contribution in [1.29, 1.82) is 0 Å². The summed E-state index contributed by atoms with van der Waals surface area (Å²) in [5.74, 6) is 1.65. The lowest BCUT2D eigenvalue weighted by molar-refractivity contribution is 0.242. The number of likely N-dealkylation sites (tertiary alicyclic amines) is 1. The summed E-state index contributed by atoms with van der Waals surface area (Å²) in [4.78, 5) is 2.66. The highest BCUT2D eigenvalue weighted by molar-refractivity contribution is 5.25. The van der Waals surface area contributed by atoms with Crippen LogP contribution in [0.4, 0.5) is 0 Å². The summed E-state index contributed by atoms with van der Waals surface area (Å²) in [5.41, 5.74) is 1.65. The summed E-state index contributed by atoms with van der Waals surface area (Å²) in [7, 11) is 0. The molecule has 2 nitrogen and oxygen atoms in total. The summed E-state index contributed by atoms with van der Waals surface area (Å²) >= 11 is 0. The van der Waals surface area contributed by atoms with Gasteiger partial charge in [0.25, 0.3) is 0 Å². The first-order chi connectivity index (χ1) is 10.0. The van der Waals surface area contributed by atoms with Crippen molar-refractivity contribution in [2.75, 3.05) is 32.7 Å². The lowest BCUT2D eigenvalue weighted by Crippen LogP contribution is -2.45. The van der Waals surface area contributed by atoms with Gasteiger partial charge in [-0.05, 0) is 30.4 Å². The van der Waals surface area contributed by atoms with Gasteiger partial charge in [0, 0.05) is 31.6 Å². The molecule has 0 amide bonds. The molecule has 1 aromatic rings. The third-order valence-corrected chi connectivity index (χ3v) is 5.05. The molecule has 118 valence electrons. The van der Waals surface area contributed by atoms with Crippen molar-refractivity contribution < 1.29 is 0 Å². The molecule has 0 saturated carbocycles. The summed E-state index contributed by atoms with van der Waals surface area (Å²) < 4.78 is 0. The van der Waals surface area contributed by atoms with Gasteiger partial charge in [-0.1, -0.05) is 58.0 Å². The SMILES string of the molecule is CCCNCC(C)(CN1CC(C)C(C)C1)c1ccccc1. The summed E-state index contributed by atoms with van der Waals surface area (Å²) in [6, 6.07) is 11.0. The molecule has 2 rings (SSSR count). The molecule has 1 aliphatic heterocycles. The van der Waals surface area contributed by atoms with E-state index >= 15 is 0 Å². The van der Waals surface area contributed by atoms with Crippen molar-refractivity contribution >= 4 is 0 Å². The van der Waals surface area contributed by atoms with Gasteiger partial charge in [-0.3, -0.25) is 0 Å². The Morgan fingerprint density at radius 1 is 1.14 bits per heavy atom. The molecule has 2 heteroatoms. The molecular weight excluding hydrogens is 256 g/mol. The summed E-state index contributed by atoms with van der Waals surface area (Å²) in [6.45, 7) is 15.2. The maximum atomic E-state index is 3.64. The van der Waals surface area contributed by atoms with E-state index in [2.05, 4.69) is 68.2 Å². The van der Waals surface area contributed by atoms with Crippen molar-refractivity contribution in [2.45, 2.75) is 39.5 Å². The molecule has 1 N–H and O–H groups in total. The molecule has 3 unspecified atom stereocenters. The Hall–Kier alpha value is -0.860. The highest BCUT2D eigenvalue weighted by atomic mass is 15.2. The first kappa shape index (κ1) is 16.5. The van der Waals surface area contributed by atoms with Gasteiger partial charge < -0.3 is 10.2 Å². The molecule has 0 aliphatic carbocycles. The van der Waals surface area contributed by atoms with Gasteiger partial charge >= 0.3 is 0 Å². The Morgan fingerprint density at radius 2 is 1.76 bits per heavy atom. The smallest absolute Gasteiger partial charge is 0.0177 e. The minimum Gasteiger partial charge on any atom is -0.316 e. The van der Waals surface area contributed by atoms with Gasteiger partial charge in [-0.25, -0.2) is 0 Å². The van der Waals surface area contributed by atoms with E-state index in [0.717, 1.165) is 31.5 Å². The Labute approximate surface area is 130 Å². The normalized spacial score (nSPS) is 25.9. The van der Waals surface area contributed by atoms with Crippen LogP contribution in [0.25, 0.3) is 0 Å². The van der Waals surface area contributed by atoms with E-state index in [4.69, 9.17) is 0 Å². The van der Waals surface area contributed by atoms with Crippen LogP contribution in [0.1, 0.15) is 39.7 Å². The van der Waals surface area contributed by atoms with Crippen LogP contribution in [0.3, 0.4) is 0 Å². The largest absolute Gasteiger partial charge is 0.316 e. The summed E-state index contributed by atoms with van der Waals surface area (Å²) in [5, 5.41) is 3.64. The first-order valence-corrected chi connectivity index (χ1v) is 8.54. The maximum Gasteiger partial charge on any atom is 0.0177 e. The number of rotatable bonds is 7. The van der Waals surface area contributed by atoms with Crippen molar-refractivity contribution in [1.82, 2.24) is 10.2 Å². The molecule has 1 fully saturated rings. The number of nitrogens with one attached hydrogen (secondary N) is 1. The standard InChI is InChI=1S/C19H32N2/c1-5-11-20-14-19(4,18-9-7-6-8-10-18)15-21-12-16(2)17(3)13-21/h6-10,16-17,20H,5,11-15H2,1-4H3. The van der Waals surface area contributed by atoms with Gasteiger partial charge in [-0.15, -0.1) is 0 Å². The lowest BCUT2D eigenvalue weighted by Gasteiger charge is -2.35. The molecular formula is C19H32N2. The van der Waals surface area contributed by atoms with Gasteiger partial charge in [0.2, 0.25) is 0 Å². The molecule has 1 aliphatic rings. The second-order valence-electron chi connectivity index (χ2n) is 7.25. The fourth-order valence-electron chi connectivity index (χ4n) is 3.50. The number of benzene rings is 1. The van der Waals surface area contributed by atoms with Gasteiger partial charge in [0.1, 0.15) is 0 Å². The zero-order valence-electron chi connectivity index (χ0n) is 14.2. The molecule has 0 aromatic heterocycles. The van der Waals surface area contributed by atoms with Crippen molar-refractivity contribution in [3.05, 3.63) is 35.9 Å². The summed E-state index contributed by atoms with van der Waals surface area (Å²) in [6.07, 6.45) is 1.20. The van der Waals surface area contributed by atoms with E-state index in [1.165, 1.54) is 25.1 Å². The molecule has 0 radical (unpaired) electrons. The minimum absolute atomic E-state index is 0.195. The van der Waals surface area contributed by atoms with E-state index in [1.54, 1.807) is 0 Å². The van der Waals surface area contributed by atoms with Crippen LogP contribution in [0.2, 0.25) is 0 Å². The molecule has 1 heterocycles. The molecule has 0 bridgehead atoms. The highest BCUT2D eigenvalue weighted by Crippen LogP contribution is 2.29. The third-order valence-electron chi connectivity index (χ3n) is 5.05. The zero-order chi connectivity index (χ0) is 15.3. The van der Waals surface area contributed by atoms with Crippen molar-refractivity contribution in [3.63, 3.8) is 0 Å². The number of hydrogen-bond donors (Lipinski definition) is 1. The quantitative estimate of drug-likeness (QED) is 0.772. The predicted octanol–water partition coefficient (Wildman–Crippen LogP) is 3.53. The van der Waals surface area contributed by atoms with Crippen LogP contribution in [-0.2, 0) is 5.41 Å². The van der Waals surface area contributed by atoms with Crippen molar-refractivity contribution in [3.8, 4) is 0 Å². The van der Waals surface area contributed by atoms with Crippen LogP contribution in [-0.4, -0.2) is 37.6 Å². The predicted molar refractivity (Wildman–Crippen MR) is 91.7 cm³/mol. The number of nitrogens with zero attached hydrogens (tertiary/aromatic N) is 1.